The highest BCUT2D eigenvalue weighted by molar-refractivity contribution is 4.77. The van der Waals surface area contributed by atoms with Gasteiger partial charge in [-0.3, -0.25) is 0 Å². The van der Waals surface area contributed by atoms with Gasteiger partial charge in [0.15, 0.2) is 0 Å². The van der Waals surface area contributed by atoms with Crippen LogP contribution in [0.1, 0.15) is 87.0 Å². The summed E-state index contributed by atoms with van der Waals surface area (Å²) in [6.07, 6.45) is 8.31. The Hall–Kier alpha value is 0. The first-order chi connectivity index (χ1) is 8.51. The fourth-order valence-corrected chi connectivity index (χ4v) is 3.53. The SMILES string of the molecule is CCCC(CC(C(C)CC)C(CC)CC)C(C)C. The van der Waals surface area contributed by atoms with Crippen molar-refractivity contribution in [1.82, 2.24) is 0 Å². The topological polar surface area (TPSA) is 0 Å². The molecule has 0 aromatic carbocycles. The number of hydrogen-bond donors (Lipinski definition) is 0. The van der Waals surface area contributed by atoms with E-state index in [-0.39, 0.29) is 0 Å². The third-order valence-electron chi connectivity index (χ3n) is 5.21. The van der Waals surface area contributed by atoms with Gasteiger partial charge in [-0.2, -0.15) is 0 Å². The van der Waals surface area contributed by atoms with Gasteiger partial charge in [0.05, 0.1) is 0 Å². The molecule has 0 aromatic heterocycles. The van der Waals surface area contributed by atoms with E-state index >= 15 is 0 Å². The Morgan fingerprint density at radius 2 is 1.28 bits per heavy atom. The number of rotatable bonds is 10. The van der Waals surface area contributed by atoms with Crippen LogP contribution in [0, 0.1) is 29.6 Å². The van der Waals surface area contributed by atoms with Crippen molar-refractivity contribution in [1.29, 1.82) is 0 Å². The first-order valence-corrected chi connectivity index (χ1v) is 8.51. The molecule has 0 rings (SSSR count). The van der Waals surface area contributed by atoms with Gasteiger partial charge >= 0.3 is 0 Å². The third-order valence-corrected chi connectivity index (χ3v) is 5.21. The monoisotopic (exact) mass is 254 g/mol. The highest BCUT2D eigenvalue weighted by Gasteiger charge is 2.27. The molecule has 0 nitrogen and oxygen atoms in total. The molecule has 0 spiro atoms. The van der Waals surface area contributed by atoms with Crippen molar-refractivity contribution in [2.24, 2.45) is 29.6 Å². The lowest BCUT2D eigenvalue weighted by atomic mass is 9.71. The predicted octanol–water partition coefficient (Wildman–Crippen LogP) is 6.55. The van der Waals surface area contributed by atoms with E-state index < -0.39 is 0 Å². The molecule has 110 valence electrons. The quantitative estimate of drug-likeness (QED) is 0.415. The van der Waals surface area contributed by atoms with Crippen molar-refractivity contribution in [3.63, 3.8) is 0 Å². The van der Waals surface area contributed by atoms with Crippen molar-refractivity contribution in [2.45, 2.75) is 87.0 Å². The minimum Gasteiger partial charge on any atom is -0.0654 e. The van der Waals surface area contributed by atoms with E-state index in [2.05, 4.69) is 48.5 Å². The zero-order valence-electron chi connectivity index (χ0n) is 14.1. The lowest BCUT2D eigenvalue weighted by Crippen LogP contribution is -2.25. The van der Waals surface area contributed by atoms with Crippen LogP contribution in [0.5, 0.6) is 0 Å². The van der Waals surface area contributed by atoms with Crippen LogP contribution in [-0.2, 0) is 0 Å². The molecule has 18 heavy (non-hydrogen) atoms. The van der Waals surface area contributed by atoms with Crippen molar-refractivity contribution in [3.05, 3.63) is 0 Å². The standard InChI is InChI=1S/C18H38/c1-8-12-17(14(5)6)13-18(15(7)9-2)16(10-3)11-4/h14-18H,8-13H2,1-7H3. The Balaban J connectivity index is 4.73. The molecule has 0 aromatic rings. The minimum absolute atomic E-state index is 0.853. The molecule has 0 heterocycles. The molecule has 3 unspecified atom stereocenters. The minimum atomic E-state index is 0.853. The summed E-state index contributed by atoms with van der Waals surface area (Å²) >= 11 is 0. The molecule has 0 bridgehead atoms. The summed E-state index contributed by atoms with van der Waals surface area (Å²) < 4.78 is 0. The zero-order valence-corrected chi connectivity index (χ0v) is 14.1. The van der Waals surface area contributed by atoms with Gasteiger partial charge in [0, 0.05) is 0 Å². The fourth-order valence-electron chi connectivity index (χ4n) is 3.53. The average molecular weight is 255 g/mol. The van der Waals surface area contributed by atoms with Gasteiger partial charge in [-0.05, 0) is 36.0 Å². The normalized spacial score (nSPS) is 17.2. The molecule has 3 atom stereocenters. The van der Waals surface area contributed by atoms with E-state index in [4.69, 9.17) is 0 Å². The van der Waals surface area contributed by atoms with E-state index in [1.165, 1.54) is 38.5 Å². The van der Waals surface area contributed by atoms with Crippen LogP contribution in [0.2, 0.25) is 0 Å². The van der Waals surface area contributed by atoms with Crippen molar-refractivity contribution in [2.75, 3.05) is 0 Å². The molecule has 0 amide bonds. The Labute approximate surface area is 117 Å². The summed E-state index contributed by atoms with van der Waals surface area (Å²) in [6.45, 7) is 16.8. The maximum absolute atomic E-state index is 2.48. The second-order valence-corrected chi connectivity index (χ2v) is 6.65. The van der Waals surface area contributed by atoms with Crippen LogP contribution < -0.4 is 0 Å². The molecule has 0 aliphatic carbocycles. The van der Waals surface area contributed by atoms with Gasteiger partial charge < -0.3 is 0 Å². The summed E-state index contributed by atoms with van der Waals surface area (Å²) in [7, 11) is 0. The molecule has 0 aliphatic rings. The van der Waals surface area contributed by atoms with Crippen LogP contribution in [-0.4, -0.2) is 0 Å². The smallest absolute Gasteiger partial charge is 0.0358 e. The highest BCUT2D eigenvalue weighted by Crippen LogP contribution is 2.37. The fraction of sp³-hybridized carbons (Fsp3) is 1.00. The van der Waals surface area contributed by atoms with Crippen LogP contribution >= 0.6 is 0 Å². The van der Waals surface area contributed by atoms with E-state index in [1.54, 1.807) is 0 Å². The van der Waals surface area contributed by atoms with E-state index in [0.29, 0.717) is 0 Å². The van der Waals surface area contributed by atoms with Crippen LogP contribution in [0.4, 0.5) is 0 Å². The molecule has 0 N–H and O–H groups in total. The average Bonchev–Trinajstić information content (AvgIpc) is 2.36. The molecule has 0 fully saturated rings. The Morgan fingerprint density at radius 3 is 1.61 bits per heavy atom. The van der Waals surface area contributed by atoms with Gasteiger partial charge in [-0.15, -0.1) is 0 Å². The van der Waals surface area contributed by atoms with Crippen molar-refractivity contribution in [3.8, 4) is 0 Å². The molecule has 0 aliphatic heterocycles. The summed E-state index contributed by atoms with van der Waals surface area (Å²) in [5.41, 5.74) is 0. The lowest BCUT2D eigenvalue weighted by Gasteiger charge is -2.35. The van der Waals surface area contributed by atoms with Crippen LogP contribution in [0.3, 0.4) is 0 Å². The molecule has 0 heteroatoms. The molecule has 0 radical (unpaired) electrons. The summed E-state index contributed by atoms with van der Waals surface area (Å²) in [4.78, 5) is 0. The van der Waals surface area contributed by atoms with Crippen molar-refractivity contribution >= 4 is 0 Å². The largest absolute Gasteiger partial charge is 0.0654 e. The molecule has 0 saturated carbocycles. The van der Waals surface area contributed by atoms with Gasteiger partial charge in [-0.1, -0.05) is 80.6 Å². The maximum Gasteiger partial charge on any atom is -0.0358 e. The lowest BCUT2D eigenvalue weighted by molar-refractivity contribution is 0.155. The molecular weight excluding hydrogens is 216 g/mol. The second kappa shape index (κ2) is 9.87. The van der Waals surface area contributed by atoms with E-state index in [0.717, 1.165) is 29.6 Å². The first-order valence-electron chi connectivity index (χ1n) is 8.51. The van der Waals surface area contributed by atoms with Crippen molar-refractivity contribution < 1.29 is 0 Å². The van der Waals surface area contributed by atoms with Crippen LogP contribution in [0.15, 0.2) is 0 Å². The predicted molar refractivity (Wildman–Crippen MR) is 84.9 cm³/mol. The highest BCUT2D eigenvalue weighted by atomic mass is 14.3. The Morgan fingerprint density at radius 1 is 0.722 bits per heavy atom. The Kier molecular flexibility index (Phi) is 9.87. The zero-order chi connectivity index (χ0) is 14.1. The van der Waals surface area contributed by atoms with Gasteiger partial charge in [0.2, 0.25) is 0 Å². The van der Waals surface area contributed by atoms with Gasteiger partial charge in [0.1, 0.15) is 0 Å². The van der Waals surface area contributed by atoms with Gasteiger partial charge in [-0.25, -0.2) is 0 Å². The van der Waals surface area contributed by atoms with E-state index in [1.807, 2.05) is 0 Å². The van der Waals surface area contributed by atoms with Crippen LogP contribution in [0.25, 0.3) is 0 Å². The molecule has 0 saturated heterocycles. The van der Waals surface area contributed by atoms with E-state index in [9.17, 15) is 0 Å². The molecular formula is C18H38. The summed E-state index contributed by atoms with van der Waals surface area (Å²) in [6, 6.07) is 0. The maximum atomic E-state index is 2.48. The summed E-state index contributed by atoms with van der Waals surface area (Å²) in [5.74, 6) is 4.58. The Bertz CT molecular complexity index is 178. The van der Waals surface area contributed by atoms with Gasteiger partial charge in [0.25, 0.3) is 0 Å². The first kappa shape index (κ1) is 18.0. The second-order valence-electron chi connectivity index (χ2n) is 6.65. The summed E-state index contributed by atoms with van der Waals surface area (Å²) in [5, 5.41) is 0. The third kappa shape index (κ3) is 5.76. The number of hydrogen-bond acceptors (Lipinski definition) is 0.